The van der Waals surface area contributed by atoms with Gasteiger partial charge in [0.05, 0.1) is 5.69 Å². The molecule has 0 aromatic heterocycles. The van der Waals surface area contributed by atoms with E-state index >= 15 is 0 Å². The lowest BCUT2D eigenvalue weighted by molar-refractivity contribution is -0.128. The van der Waals surface area contributed by atoms with Crippen LogP contribution in [0.25, 0.3) is 0 Å². The SMILES string of the molecule is CN1C(=O)CC(C(=O)Nc2ccc(F)cc2)SC1=Nc1cccc(F)c1. The van der Waals surface area contributed by atoms with Crippen molar-refractivity contribution in [1.82, 2.24) is 4.90 Å². The van der Waals surface area contributed by atoms with Crippen LogP contribution in [0.2, 0.25) is 0 Å². The Kier molecular flexibility index (Phi) is 5.32. The summed E-state index contributed by atoms with van der Waals surface area (Å²) in [7, 11) is 1.56. The molecule has 1 aliphatic rings. The topological polar surface area (TPSA) is 61.8 Å². The van der Waals surface area contributed by atoms with Gasteiger partial charge in [0.1, 0.15) is 16.9 Å². The number of amides is 2. The van der Waals surface area contributed by atoms with Crippen molar-refractivity contribution in [1.29, 1.82) is 0 Å². The van der Waals surface area contributed by atoms with E-state index in [0.29, 0.717) is 16.5 Å². The second-order valence-electron chi connectivity index (χ2n) is 5.63. The largest absolute Gasteiger partial charge is 0.325 e. The minimum absolute atomic E-state index is 0.0103. The molecule has 0 saturated carbocycles. The first kappa shape index (κ1) is 18.1. The minimum atomic E-state index is -0.684. The molecule has 0 radical (unpaired) electrons. The lowest BCUT2D eigenvalue weighted by Gasteiger charge is -2.28. The maximum absolute atomic E-state index is 13.3. The smallest absolute Gasteiger partial charge is 0.238 e. The van der Waals surface area contributed by atoms with Crippen LogP contribution >= 0.6 is 11.8 Å². The predicted molar refractivity (Wildman–Crippen MR) is 97.3 cm³/mol. The summed E-state index contributed by atoms with van der Waals surface area (Å²) in [6, 6.07) is 11.0. The molecule has 1 N–H and O–H groups in total. The Morgan fingerprint density at radius 1 is 1.19 bits per heavy atom. The van der Waals surface area contributed by atoms with E-state index in [2.05, 4.69) is 10.3 Å². The molecular formula is C18H15F2N3O2S. The van der Waals surface area contributed by atoms with Crippen molar-refractivity contribution in [3.63, 3.8) is 0 Å². The summed E-state index contributed by atoms with van der Waals surface area (Å²) in [5.41, 5.74) is 0.790. The van der Waals surface area contributed by atoms with Crippen LogP contribution in [0.5, 0.6) is 0 Å². The molecule has 2 aromatic carbocycles. The van der Waals surface area contributed by atoms with E-state index in [0.717, 1.165) is 11.8 Å². The predicted octanol–water partition coefficient (Wildman–Crippen LogP) is 3.55. The third kappa shape index (κ3) is 4.26. The van der Waals surface area contributed by atoms with E-state index in [1.54, 1.807) is 13.1 Å². The van der Waals surface area contributed by atoms with Gasteiger partial charge in [0.25, 0.3) is 0 Å². The minimum Gasteiger partial charge on any atom is -0.325 e. The average Bonchev–Trinajstić information content (AvgIpc) is 2.60. The van der Waals surface area contributed by atoms with Gasteiger partial charge >= 0.3 is 0 Å². The molecule has 1 unspecified atom stereocenters. The molecule has 1 fully saturated rings. The number of carbonyl (C=O) groups is 2. The Morgan fingerprint density at radius 3 is 2.62 bits per heavy atom. The van der Waals surface area contributed by atoms with Crippen LogP contribution in [0, 0.1) is 11.6 Å². The lowest BCUT2D eigenvalue weighted by atomic mass is 10.2. The zero-order valence-electron chi connectivity index (χ0n) is 13.8. The van der Waals surface area contributed by atoms with Gasteiger partial charge < -0.3 is 5.32 Å². The van der Waals surface area contributed by atoms with E-state index in [4.69, 9.17) is 0 Å². The number of halogens is 2. The van der Waals surface area contributed by atoms with Gasteiger partial charge in [-0.2, -0.15) is 0 Å². The van der Waals surface area contributed by atoms with Crippen molar-refractivity contribution in [2.24, 2.45) is 4.99 Å². The summed E-state index contributed by atoms with van der Waals surface area (Å²) < 4.78 is 26.3. The van der Waals surface area contributed by atoms with Gasteiger partial charge in [-0.3, -0.25) is 14.5 Å². The fraction of sp³-hybridized carbons (Fsp3) is 0.167. The number of rotatable bonds is 3. The summed E-state index contributed by atoms with van der Waals surface area (Å²) in [5, 5.41) is 2.28. The number of hydrogen-bond donors (Lipinski definition) is 1. The van der Waals surface area contributed by atoms with Crippen LogP contribution in [0.3, 0.4) is 0 Å². The zero-order valence-corrected chi connectivity index (χ0v) is 14.6. The number of nitrogens with zero attached hydrogens (tertiary/aromatic N) is 2. The summed E-state index contributed by atoms with van der Waals surface area (Å²) in [4.78, 5) is 30.3. The highest BCUT2D eigenvalue weighted by Gasteiger charge is 2.34. The van der Waals surface area contributed by atoms with Gasteiger partial charge in [-0.15, -0.1) is 0 Å². The molecule has 5 nitrogen and oxygen atoms in total. The number of amidine groups is 1. The van der Waals surface area contributed by atoms with Gasteiger partial charge in [-0.1, -0.05) is 17.8 Å². The van der Waals surface area contributed by atoms with Crippen molar-refractivity contribution in [2.75, 3.05) is 12.4 Å². The molecule has 2 aromatic rings. The molecule has 1 aliphatic heterocycles. The molecule has 1 atom stereocenters. The molecule has 134 valence electrons. The van der Waals surface area contributed by atoms with Crippen LogP contribution in [0.15, 0.2) is 53.5 Å². The standard InChI is InChI=1S/C18H15F2N3O2S/c1-23-16(24)10-15(17(25)21-13-7-5-11(19)6-8-13)26-18(23)22-14-4-2-3-12(20)9-14/h2-9,15H,10H2,1H3,(H,21,25). The number of aliphatic imine (C=N–C) groups is 1. The second-order valence-corrected chi connectivity index (χ2v) is 6.80. The van der Waals surface area contributed by atoms with Crippen LogP contribution in [0.1, 0.15) is 6.42 Å². The molecule has 1 saturated heterocycles. The number of benzene rings is 2. The number of anilines is 1. The first-order valence-electron chi connectivity index (χ1n) is 7.76. The normalized spacial score (nSPS) is 18.9. The van der Waals surface area contributed by atoms with Crippen LogP contribution in [-0.4, -0.2) is 34.2 Å². The quantitative estimate of drug-likeness (QED) is 0.892. The molecule has 2 amide bonds. The molecule has 3 rings (SSSR count). The van der Waals surface area contributed by atoms with Crippen molar-refractivity contribution in [3.05, 3.63) is 60.2 Å². The first-order chi connectivity index (χ1) is 12.4. The Labute approximate surface area is 153 Å². The zero-order chi connectivity index (χ0) is 18.7. The second kappa shape index (κ2) is 7.65. The number of thioether (sulfide) groups is 1. The van der Waals surface area contributed by atoms with E-state index in [9.17, 15) is 18.4 Å². The van der Waals surface area contributed by atoms with Gasteiger partial charge in [0.15, 0.2) is 5.17 Å². The summed E-state index contributed by atoms with van der Waals surface area (Å²) in [5.74, 6) is -1.49. The van der Waals surface area contributed by atoms with E-state index < -0.39 is 16.9 Å². The number of nitrogens with one attached hydrogen (secondary N) is 1. The Morgan fingerprint density at radius 2 is 1.92 bits per heavy atom. The monoisotopic (exact) mass is 375 g/mol. The van der Waals surface area contributed by atoms with Crippen LogP contribution < -0.4 is 5.32 Å². The molecule has 26 heavy (non-hydrogen) atoms. The van der Waals surface area contributed by atoms with E-state index in [1.807, 2.05) is 0 Å². The number of carbonyl (C=O) groups excluding carboxylic acids is 2. The molecule has 0 aliphatic carbocycles. The van der Waals surface area contributed by atoms with Gasteiger partial charge in [0, 0.05) is 19.2 Å². The summed E-state index contributed by atoms with van der Waals surface area (Å²) in [6.07, 6.45) is 0.0103. The van der Waals surface area contributed by atoms with E-state index in [-0.39, 0.29) is 18.2 Å². The Hall–Kier alpha value is -2.74. The van der Waals surface area contributed by atoms with Crippen molar-refractivity contribution < 1.29 is 18.4 Å². The van der Waals surface area contributed by atoms with Crippen LogP contribution in [0.4, 0.5) is 20.2 Å². The number of hydrogen-bond acceptors (Lipinski definition) is 4. The molecular weight excluding hydrogens is 360 g/mol. The molecule has 0 spiro atoms. The highest BCUT2D eigenvalue weighted by molar-refractivity contribution is 8.15. The Bertz CT molecular complexity index is 871. The third-order valence-electron chi connectivity index (χ3n) is 3.71. The fourth-order valence-corrected chi connectivity index (χ4v) is 3.37. The fourth-order valence-electron chi connectivity index (χ4n) is 2.31. The Balaban J connectivity index is 1.77. The van der Waals surface area contributed by atoms with Crippen molar-refractivity contribution in [2.45, 2.75) is 11.7 Å². The first-order valence-corrected chi connectivity index (χ1v) is 8.64. The van der Waals surface area contributed by atoms with Gasteiger partial charge in [-0.25, -0.2) is 13.8 Å². The molecule has 8 heteroatoms. The third-order valence-corrected chi connectivity index (χ3v) is 4.95. The molecule has 0 bridgehead atoms. The van der Waals surface area contributed by atoms with Gasteiger partial charge in [-0.05, 0) is 42.5 Å². The maximum atomic E-state index is 13.3. The highest BCUT2D eigenvalue weighted by Crippen LogP contribution is 2.29. The van der Waals surface area contributed by atoms with Crippen molar-refractivity contribution >= 4 is 40.1 Å². The summed E-state index contributed by atoms with van der Waals surface area (Å²) in [6.45, 7) is 0. The van der Waals surface area contributed by atoms with Crippen molar-refractivity contribution in [3.8, 4) is 0 Å². The highest BCUT2D eigenvalue weighted by atomic mass is 32.2. The summed E-state index contributed by atoms with van der Waals surface area (Å²) >= 11 is 1.12. The van der Waals surface area contributed by atoms with Gasteiger partial charge in [0.2, 0.25) is 11.8 Å². The van der Waals surface area contributed by atoms with Crippen LogP contribution in [-0.2, 0) is 9.59 Å². The average molecular weight is 375 g/mol. The maximum Gasteiger partial charge on any atom is 0.238 e. The lowest BCUT2D eigenvalue weighted by Crippen LogP contribution is -2.43. The van der Waals surface area contributed by atoms with E-state index in [1.165, 1.54) is 47.4 Å². The molecule has 1 heterocycles.